The molecule has 0 spiro atoms. The van der Waals surface area contributed by atoms with Crippen LogP contribution in [0, 0.1) is 5.92 Å². The monoisotopic (exact) mass is 448 g/mol. The van der Waals surface area contributed by atoms with Crippen LogP contribution in [0.1, 0.15) is 43.9 Å². The molecule has 0 radical (unpaired) electrons. The number of benzene rings is 2. The second-order valence-corrected chi connectivity index (χ2v) is 9.21. The molecule has 5 amide bonds. The maximum atomic E-state index is 13.4. The van der Waals surface area contributed by atoms with Gasteiger partial charge in [-0.1, -0.05) is 50.2 Å². The molecule has 0 bridgehead atoms. The third-order valence-corrected chi connectivity index (χ3v) is 6.21. The molecule has 2 heterocycles. The summed E-state index contributed by atoms with van der Waals surface area (Å²) < 4.78 is 0. The van der Waals surface area contributed by atoms with Crippen LogP contribution in [0.3, 0.4) is 0 Å². The first kappa shape index (κ1) is 22.5. The van der Waals surface area contributed by atoms with Crippen molar-refractivity contribution in [1.82, 2.24) is 15.5 Å². The normalized spacial score (nSPS) is 21.9. The van der Waals surface area contributed by atoms with E-state index < -0.39 is 23.5 Å². The molecule has 8 heteroatoms. The molecule has 0 aromatic heterocycles. The van der Waals surface area contributed by atoms with Crippen molar-refractivity contribution in [2.24, 2.45) is 5.92 Å². The SMILES string of the molecule is CC(C)CC(=O)N1Cc2ccccc2CC1C(=O)Nc1cccc(C2(C)NC(=O)NC2=O)c1. The van der Waals surface area contributed by atoms with Gasteiger partial charge in [-0.2, -0.15) is 0 Å². The quantitative estimate of drug-likeness (QED) is 0.611. The van der Waals surface area contributed by atoms with Crippen LogP contribution in [0.2, 0.25) is 0 Å². The molecule has 1 saturated heterocycles. The van der Waals surface area contributed by atoms with Gasteiger partial charge in [-0.15, -0.1) is 0 Å². The van der Waals surface area contributed by atoms with Gasteiger partial charge in [0.05, 0.1) is 0 Å². The van der Waals surface area contributed by atoms with E-state index in [1.807, 2.05) is 38.1 Å². The van der Waals surface area contributed by atoms with E-state index in [0.29, 0.717) is 30.6 Å². The number of nitrogens with one attached hydrogen (secondary N) is 3. The number of nitrogens with zero attached hydrogens (tertiary/aromatic N) is 1. The molecule has 2 atom stereocenters. The largest absolute Gasteiger partial charge is 0.326 e. The van der Waals surface area contributed by atoms with Crippen LogP contribution in [-0.4, -0.2) is 34.7 Å². The molecule has 2 aliphatic rings. The van der Waals surface area contributed by atoms with Gasteiger partial charge in [0.25, 0.3) is 5.91 Å². The number of anilines is 1. The van der Waals surface area contributed by atoms with E-state index in [9.17, 15) is 19.2 Å². The Balaban J connectivity index is 1.58. The lowest BCUT2D eigenvalue weighted by molar-refractivity contribution is -0.140. The van der Waals surface area contributed by atoms with Crippen LogP contribution < -0.4 is 16.0 Å². The summed E-state index contributed by atoms with van der Waals surface area (Å²) in [5, 5.41) is 7.78. The van der Waals surface area contributed by atoms with Gasteiger partial charge < -0.3 is 15.5 Å². The van der Waals surface area contributed by atoms with Gasteiger partial charge in [-0.3, -0.25) is 19.7 Å². The Kier molecular flexibility index (Phi) is 5.93. The van der Waals surface area contributed by atoms with Crippen molar-refractivity contribution in [2.75, 3.05) is 5.32 Å². The van der Waals surface area contributed by atoms with Crippen LogP contribution in [0.5, 0.6) is 0 Å². The molecular formula is C25H28N4O4. The third kappa shape index (κ3) is 4.46. The summed E-state index contributed by atoms with van der Waals surface area (Å²) in [6.07, 6.45) is 0.802. The molecule has 8 nitrogen and oxygen atoms in total. The highest BCUT2D eigenvalue weighted by atomic mass is 16.2. The van der Waals surface area contributed by atoms with Gasteiger partial charge in [0.15, 0.2) is 0 Å². The number of hydrogen-bond donors (Lipinski definition) is 3. The number of hydrogen-bond acceptors (Lipinski definition) is 4. The Morgan fingerprint density at radius 3 is 2.52 bits per heavy atom. The molecule has 4 rings (SSSR count). The van der Waals surface area contributed by atoms with Gasteiger partial charge in [-0.25, -0.2) is 4.79 Å². The molecule has 1 fully saturated rings. The summed E-state index contributed by atoms with van der Waals surface area (Å²) in [6.45, 7) is 5.96. The third-order valence-electron chi connectivity index (χ3n) is 6.21. The molecule has 2 aliphatic heterocycles. The first-order valence-corrected chi connectivity index (χ1v) is 11.1. The Morgan fingerprint density at radius 1 is 1.12 bits per heavy atom. The fraction of sp³-hybridized carbons (Fsp3) is 0.360. The van der Waals surface area contributed by atoms with Crippen molar-refractivity contribution in [1.29, 1.82) is 0 Å². The first-order chi connectivity index (χ1) is 15.7. The second kappa shape index (κ2) is 8.69. The molecule has 33 heavy (non-hydrogen) atoms. The van der Waals surface area contributed by atoms with E-state index >= 15 is 0 Å². The number of rotatable bonds is 5. The number of imide groups is 1. The summed E-state index contributed by atoms with van der Waals surface area (Å²) in [5.41, 5.74) is 1.92. The Morgan fingerprint density at radius 2 is 1.85 bits per heavy atom. The van der Waals surface area contributed by atoms with E-state index in [1.165, 1.54) is 0 Å². The van der Waals surface area contributed by atoms with Crippen molar-refractivity contribution < 1.29 is 19.2 Å². The molecule has 2 unspecified atom stereocenters. The smallest absolute Gasteiger partial charge is 0.322 e. The van der Waals surface area contributed by atoms with Crippen molar-refractivity contribution in [2.45, 2.75) is 51.7 Å². The zero-order chi connectivity index (χ0) is 23.8. The summed E-state index contributed by atoms with van der Waals surface area (Å²) in [4.78, 5) is 51.9. The van der Waals surface area contributed by atoms with Crippen LogP contribution >= 0.6 is 0 Å². The highest BCUT2D eigenvalue weighted by Gasteiger charge is 2.43. The van der Waals surface area contributed by atoms with Crippen molar-refractivity contribution in [3.8, 4) is 0 Å². The second-order valence-electron chi connectivity index (χ2n) is 9.21. The highest BCUT2D eigenvalue weighted by molar-refractivity contribution is 6.07. The predicted molar refractivity (Wildman–Crippen MR) is 123 cm³/mol. The Labute approximate surface area is 192 Å². The fourth-order valence-electron chi connectivity index (χ4n) is 4.37. The minimum atomic E-state index is -1.22. The zero-order valence-electron chi connectivity index (χ0n) is 19.0. The minimum absolute atomic E-state index is 0.0498. The van der Waals surface area contributed by atoms with Crippen molar-refractivity contribution in [3.05, 3.63) is 65.2 Å². The van der Waals surface area contributed by atoms with Gasteiger partial charge in [0, 0.05) is 25.1 Å². The van der Waals surface area contributed by atoms with Crippen LogP contribution in [0.4, 0.5) is 10.5 Å². The maximum Gasteiger partial charge on any atom is 0.322 e. The van der Waals surface area contributed by atoms with Crippen molar-refractivity contribution in [3.63, 3.8) is 0 Å². The summed E-state index contributed by atoms with van der Waals surface area (Å²) in [5.74, 6) is -0.607. The van der Waals surface area contributed by atoms with E-state index in [4.69, 9.17) is 0 Å². The van der Waals surface area contributed by atoms with E-state index in [1.54, 1.807) is 36.1 Å². The first-order valence-electron chi connectivity index (χ1n) is 11.1. The maximum absolute atomic E-state index is 13.4. The molecule has 2 aromatic rings. The fourth-order valence-corrected chi connectivity index (χ4v) is 4.37. The van der Waals surface area contributed by atoms with Crippen LogP contribution in [-0.2, 0) is 32.9 Å². The molecule has 3 N–H and O–H groups in total. The number of carbonyl (C=O) groups is 4. The number of carbonyl (C=O) groups excluding carboxylic acids is 4. The van der Waals surface area contributed by atoms with Gasteiger partial charge >= 0.3 is 6.03 Å². The molecule has 172 valence electrons. The number of fused-ring (bicyclic) bond motifs is 1. The lowest BCUT2D eigenvalue weighted by Crippen LogP contribution is -2.50. The van der Waals surface area contributed by atoms with Crippen LogP contribution in [0.25, 0.3) is 0 Å². The number of urea groups is 1. The zero-order valence-corrected chi connectivity index (χ0v) is 19.0. The van der Waals surface area contributed by atoms with Gasteiger partial charge in [-0.05, 0) is 41.7 Å². The average Bonchev–Trinajstić information content (AvgIpc) is 3.04. The number of amides is 5. The molecular weight excluding hydrogens is 420 g/mol. The van der Waals surface area contributed by atoms with Crippen molar-refractivity contribution >= 4 is 29.4 Å². The van der Waals surface area contributed by atoms with E-state index in [0.717, 1.165) is 11.1 Å². The molecule has 2 aromatic carbocycles. The molecule has 0 saturated carbocycles. The standard InChI is InChI=1S/C25H28N4O4/c1-15(2)11-21(30)29-14-17-8-5-4-7-16(17)12-20(29)22(31)26-19-10-6-9-18(13-19)25(3)23(32)27-24(33)28-25/h4-10,13,15,20H,11-12,14H2,1-3H3,(H,26,31)(H2,27,28,32,33). The lowest BCUT2D eigenvalue weighted by atomic mass is 9.91. The minimum Gasteiger partial charge on any atom is -0.326 e. The predicted octanol–water partition coefficient (Wildman–Crippen LogP) is 2.68. The Bertz CT molecular complexity index is 1130. The topological polar surface area (TPSA) is 108 Å². The van der Waals surface area contributed by atoms with Gasteiger partial charge in [0.2, 0.25) is 11.8 Å². The summed E-state index contributed by atoms with van der Waals surface area (Å²) in [7, 11) is 0. The summed E-state index contributed by atoms with van der Waals surface area (Å²) >= 11 is 0. The Hall–Kier alpha value is -3.68. The van der Waals surface area contributed by atoms with E-state index in [-0.39, 0.29) is 17.7 Å². The molecule has 0 aliphatic carbocycles. The van der Waals surface area contributed by atoms with Gasteiger partial charge in [0.1, 0.15) is 11.6 Å². The van der Waals surface area contributed by atoms with E-state index in [2.05, 4.69) is 16.0 Å². The highest BCUT2D eigenvalue weighted by Crippen LogP contribution is 2.28. The summed E-state index contributed by atoms with van der Waals surface area (Å²) in [6, 6.07) is 13.5. The van der Waals surface area contributed by atoms with Crippen LogP contribution in [0.15, 0.2) is 48.5 Å². The lowest BCUT2D eigenvalue weighted by Gasteiger charge is -2.36. The average molecular weight is 449 g/mol.